The van der Waals surface area contributed by atoms with Crippen LogP contribution in [0.4, 0.5) is 0 Å². The summed E-state index contributed by atoms with van der Waals surface area (Å²) in [6, 6.07) is 3.70. The number of carbonyl (C=O) groups is 1. The van der Waals surface area contributed by atoms with Gasteiger partial charge in [0, 0.05) is 6.61 Å². The highest BCUT2D eigenvalue weighted by molar-refractivity contribution is 7.12. The van der Waals surface area contributed by atoms with E-state index in [0.717, 1.165) is 4.88 Å². The molecule has 0 saturated carbocycles. The van der Waals surface area contributed by atoms with E-state index in [2.05, 4.69) is 13.8 Å². The van der Waals surface area contributed by atoms with Crippen molar-refractivity contribution in [2.45, 2.75) is 13.8 Å². The molecule has 72 valence electrons. The highest BCUT2D eigenvalue weighted by Gasteiger charge is 2.06. The summed E-state index contributed by atoms with van der Waals surface area (Å²) in [7, 11) is 0. The average Bonchev–Trinajstić information content (AvgIpc) is 2.55. The van der Waals surface area contributed by atoms with Gasteiger partial charge in [0.05, 0.1) is 4.88 Å². The number of rotatable bonds is 5. The van der Waals surface area contributed by atoms with Gasteiger partial charge in [-0.25, -0.2) is 0 Å². The minimum atomic E-state index is 0.0793. The molecule has 0 spiro atoms. The SMILES string of the molecule is CC(C)COCC(=O)c1cccs1. The number of hydrogen-bond donors (Lipinski definition) is 0. The van der Waals surface area contributed by atoms with Crippen LogP contribution in [0.25, 0.3) is 0 Å². The predicted octanol–water partition coefficient (Wildman–Crippen LogP) is 2.60. The summed E-state index contributed by atoms with van der Waals surface area (Å²) in [5, 5.41) is 1.90. The maximum Gasteiger partial charge on any atom is 0.198 e. The summed E-state index contributed by atoms with van der Waals surface area (Å²) in [6.07, 6.45) is 0. The lowest BCUT2D eigenvalue weighted by molar-refractivity contribution is 0.0709. The molecule has 0 radical (unpaired) electrons. The third-order valence-corrected chi connectivity index (χ3v) is 2.39. The van der Waals surface area contributed by atoms with Gasteiger partial charge in [-0.3, -0.25) is 4.79 Å². The Morgan fingerprint density at radius 1 is 1.62 bits per heavy atom. The molecule has 1 aromatic rings. The highest BCUT2D eigenvalue weighted by Crippen LogP contribution is 2.09. The Morgan fingerprint density at radius 2 is 2.38 bits per heavy atom. The third kappa shape index (κ3) is 3.70. The van der Waals surface area contributed by atoms with Crippen LogP contribution >= 0.6 is 11.3 Å². The molecular formula is C10H14O2S. The van der Waals surface area contributed by atoms with E-state index < -0.39 is 0 Å². The maximum absolute atomic E-state index is 11.4. The van der Waals surface area contributed by atoms with Crippen LogP contribution in [0, 0.1) is 5.92 Å². The molecule has 0 fully saturated rings. The molecule has 0 aliphatic carbocycles. The normalized spacial score (nSPS) is 10.7. The molecule has 0 bridgehead atoms. The first-order valence-electron chi connectivity index (χ1n) is 4.34. The van der Waals surface area contributed by atoms with Gasteiger partial charge in [-0.15, -0.1) is 11.3 Å². The van der Waals surface area contributed by atoms with Crippen LogP contribution in [0.3, 0.4) is 0 Å². The van der Waals surface area contributed by atoms with Crippen molar-refractivity contribution in [1.29, 1.82) is 0 Å². The Balaban J connectivity index is 2.27. The lowest BCUT2D eigenvalue weighted by Crippen LogP contribution is -2.10. The van der Waals surface area contributed by atoms with Gasteiger partial charge in [0.15, 0.2) is 5.78 Å². The maximum atomic E-state index is 11.4. The van der Waals surface area contributed by atoms with Crippen LogP contribution in [0.15, 0.2) is 17.5 Å². The van der Waals surface area contributed by atoms with E-state index in [-0.39, 0.29) is 12.4 Å². The molecule has 2 nitrogen and oxygen atoms in total. The Hall–Kier alpha value is -0.670. The molecule has 3 heteroatoms. The summed E-state index contributed by atoms with van der Waals surface area (Å²) in [5.41, 5.74) is 0. The molecule has 0 amide bonds. The molecule has 1 rings (SSSR count). The largest absolute Gasteiger partial charge is 0.373 e. The van der Waals surface area contributed by atoms with Crippen LogP contribution in [-0.2, 0) is 4.74 Å². The van der Waals surface area contributed by atoms with Crippen molar-refractivity contribution in [1.82, 2.24) is 0 Å². The number of hydrogen-bond acceptors (Lipinski definition) is 3. The molecule has 0 aliphatic heterocycles. The quantitative estimate of drug-likeness (QED) is 0.680. The second-order valence-corrected chi connectivity index (χ2v) is 4.26. The van der Waals surface area contributed by atoms with Crippen LogP contribution < -0.4 is 0 Å². The second-order valence-electron chi connectivity index (χ2n) is 3.31. The number of carbonyl (C=O) groups excluding carboxylic acids is 1. The van der Waals surface area contributed by atoms with Gasteiger partial charge in [-0.05, 0) is 17.4 Å². The summed E-state index contributed by atoms with van der Waals surface area (Å²) >= 11 is 1.46. The Bertz CT molecular complexity index is 252. The molecule has 1 heterocycles. The van der Waals surface area contributed by atoms with Crippen molar-refractivity contribution in [2.75, 3.05) is 13.2 Å². The van der Waals surface area contributed by atoms with E-state index in [4.69, 9.17) is 4.74 Å². The van der Waals surface area contributed by atoms with Gasteiger partial charge < -0.3 is 4.74 Å². The lowest BCUT2D eigenvalue weighted by atomic mass is 10.2. The summed E-state index contributed by atoms with van der Waals surface area (Å²) < 4.78 is 5.24. The molecule has 0 aromatic carbocycles. The fraction of sp³-hybridized carbons (Fsp3) is 0.500. The first-order valence-corrected chi connectivity index (χ1v) is 5.22. The van der Waals surface area contributed by atoms with Crippen LogP contribution in [0.5, 0.6) is 0 Å². The van der Waals surface area contributed by atoms with Gasteiger partial charge >= 0.3 is 0 Å². The van der Waals surface area contributed by atoms with E-state index in [1.165, 1.54) is 11.3 Å². The number of Topliss-reactive ketones (excluding diaryl/α,β-unsaturated/α-hetero) is 1. The third-order valence-electron chi connectivity index (χ3n) is 1.48. The summed E-state index contributed by atoms with van der Waals surface area (Å²) in [4.78, 5) is 12.2. The van der Waals surface area contributed by atoms with Crippen LogP contribution in [-0.4, -0.2) is 19.0 Å². The van der Waals surface area contributed by atoms with Gasteiger partial charge in [0.1, 0.15) is 6.61 Å². The van der Waals surface area contributed by atoms with Crippen molar-refractivity contribution in [3.05, 3.63) is 22.4 Å². The Kier molecular flexibility index (Phi) is 4.12. The summed E-state index contributed by atoms with van der Waals surface area (Å²) in [5.74, 6) is 0.562. The van der Waals surface area contributed by atoms with E-state index in [1.807, 2.05) is 17.5 Å². The molecule has 13 heavy (non-hydrogen) atoms. The second kappa shape index (κ2) is 5.14. The van der Waals surface area contributed by atoms with Gasteiger partial charge in [-0.1, -0.05) is 19.9 Å². The monoisotopic (exact) mass is 198 g/mol. The standard InChI is InChI=1S/C10H14O2S/c1-8(2)6-12-7-9(11)10-4-3-5-13-10/h3-5,8H,6-7H2,1-2H3. The smallest absolute Gasteiger partial charge is 0.198 e. The molecular weight excluding hydrogens is 184 g/mol. The zero-order valence-electron chi connectivity index (χ0n) is 7.95. The van der Waals surface area contributed by atoms with Gasteiger partial charge in [0.25, 0.3) is 0 Å². The lowest BCUT2D eigenvalue weighted by Gasteiger charge is -2.04. The first kappa shape index (κ1) is 10.4. The molecule has 0 saturated heterocycles. The summed E-state index contributed by atoms with van der Waals surface area (Å²) in [6.45, 7) is 4.99. The van der Waals surface area contributed by atoms with Gasteiger partial charge in [0.2, 0.25) is 0 Å². The minimum absolute atomic E-state index is 0.0793. The highest BCUT2D eigenvalue weighted by atomic mass is 32.1. The molecule has 1 aromatic heterocycles. The van der Waals surface area contributed by atoms with E-state index in [1.54, 1.807) is 0 Å². The van der Waals surface area contributed by atoms with Crippen molar-refractivity contribution in [3.63, 3.8) is 0 Å². The van der Waals surface area contributed by atoms with Crippen molar-refractivity contribution in [2.24, 2.45) is 5.92 Å². The van der Waals surface area contributed by atoms with E-state index >= 15 is 0 Å². The van der Waals surface area contributed by atoms with Crippen molar-refractivity contribution in [3.8, 4) is 0 Å². The number of ketones is 1. The first-order chi connectivity index (χ1) is 6.20. The molecule has 0 atom stereocenters. The predicted molar refractivity (Wildman–Crippen MR) is 54.3 cm³/mol. The van der Waals surface area contributed by atoms with E-state index in [0.29, 0.717) is 12.5 Å². The Morgan fingerprint density at radius 3 is 2.92 bits per heavy atom. The van der Waals surface area contributed by atoms with Crippen LogP contribution in [0.2, 0.25) is 0 Å². The molecule has 0 N–H and O–H groups in total. The van der Waals surface area contributed by atoms with Crippen molar-refractivity contribution < 1.29 is 9.53 Å². The van der Waals surface area contributed by atoms with E-state index in [9.17, 15) is 4.79 Å². The number of ether oxygens (including phenoxy) is 1. The molecule has 0 aliphatic rings. The van der Waals surface area contributed by atoms with Gasteiger partial charge in [-0.2, -0.15) is 0 Å². The Labute approximate surface area is 82.5 Å². The number of thiophene rings is 1. The minimum Gasteiger partial charge on any atom is -0.373 e. The van der Waals surface area contributed by atoms with Crippen LogP contribution in [0.1, 0.15) is 23.5 Å². The topological polar surface area (TPSA) is 26.3 Å². The molecule has 0 unspecified atom stereocenters. The zero-order valence-corrected chi connectivity index (χ0v) is 8.76. The average molecular weight is 198 g/mol. The fourth-order valence-electron chi connectivity index (χ4n) is 0.896. The zero-order chi connectivity index (χ0) is 9.68. The fourth-order valence-corrected chi connectivity index (χ4v) is 1.55. The van der Waals surface area contributed by atoms with Crippen molar-refractivity contribution >= 4 is 17.1 Å².